The second-order valence-electron chi connectivity index (χ2n) is 8.58. The van der Waals surface area contributed by atoms with Crippen molar-refractivity contribution in [2.45, 2.75) is 45.8 Å². The van der Waals surface area contributed by atoms with Gasteiger partial charge in [-0.1, -0.05) is 25.4 Å². The molecule has 2 atom stereocenters. The number of methoxy groups -OCH3 is 2. The Morgan fingerprint density at radius 2 is 1.94 bits per heavy atom. The van der Waals surface area contributed by atoms with Crippen molar-refractivity contribution in [2.24, 2.45) is 5.92 Å². The summed E-state index contributed by atoms with van der Waals surface area (Å²) in [5.74, 6) is 1.88. The van der Waals surface area contributed by atoms with Gasteiger partial charge < -0.3 is 24.8 Å². The van der Waals surface area contributed by atoms with Crippen molar-refractivity contribution >= 4 is 23.4 Å². The molecule has 0 aromatic heterocycles. The highest BCUT2D eigenvalue weighted by molar-refractivity contribution is 6.32. The van der Waals surface area contributed by atoms with Crippen molar-refractivity contribution in [1.29, 1.82) is 0 Å². The molecule has 1 aliphatic rings. The molecule has 178 valence electrons. The first-order chi connectivity index (χ1) is 15.7. The molecule has 1 unspecified atom stereocenters. The predicted octanol–water partition coefficient (Wildman–Crippen LogP) is 3.99. The van der Waals surface area contributed by atoms with Gasteiger partial charge in [0.15, 0.2) is 0 Å². The van der Waals surface area contributed by atoms with Gasteiger partial charge in [0.2, 0.25) is 11.8 Å². The molecule has 2 N–H and O–H groups in total. The molecule has 0 aliphatic carbocycles. The standard InChI is InChI=1S/C25H31ClN2O5/c1-14(2)8-22(28-15(3)29)25(30)27-13-19-10-17-9-16(11-21(26)24(17)33-19)20-12-18(31-4)6-7-23(20)32-5/h6-7,9,11-12,14,19,22H,8,10,13H2,1-5H3,(H,27,30)(H,28,29)/t19?,22-/m0/s1. The first-order valence-electron chi connectivity index (χ1n) is 11.0. The number of benzene rings is 2. The highest BCUT2D eigenvalue weighted by Gasteiger charge is 2.28. The molecule has 2 amide bonds. The van der Waals surface area contributed by atoms with Crippen molar-refractivity contribution in [3.63, 3.8) is 0 Å². The maximum absolute atomic E-state index is 12.6. The number of halogens is 1. The lowest BCUT2D eigenvalue weighted by atomic mass is 9.99. The summed E-state index contributed by atoms with van der Waals surface area (Å²) in [6.45, 7) is 5.75. The number of nitrogens with one attached hydrogen (secondary N) is 2. The molecule has 8 heteroatoms. The van der Waals surface area contributed by atoms with E-state index in [1.165, 1.54) is 6.92 Å². The zero-order chi connectivity index (χ0) is 24.1. The fourth-order valence-electron chi connectivity index (χ4n) is 3.98. The van der Waals surface area contributed by atoms with Crippen LogP contribution < -0.4 is 24.8 Å². The number of fused-ring (bicyclic) bond motifs is 1. The second-order valence-corrected chi connectivity index (χ2v) is 8.99. The SMILES string of the molecule is COc1ccc(OC)c(-c2cc(Cl)c3c(c2)CC(CNC(=O)[C@H](CC(C)C)NC(C)=O)O3)c1. The number of ether oxygens (including phenoxy) is 3. The molecule has 0 saturated carbocycles. The van der Waals surface area contributed by atoms with Crippen LogP contribution in [0.3, 0.4) is 0 Å². The van der Waals surface area contributed by atoms with Gasteiger partial charge in [-0.3, -0.25) is 9.59 Å². The van der Waals surface area contributed by atoms with Crippen LogP contribution in [-0.4, -0.2) is 44.7 Å². The summed E-state index contributed by atoms with van der Waals surface area (Å²) >= 11 is 6.56. The van der Waals surface area contributed by atoms with E-state index in [4.69, 9.17) is 25.8 Å². The number of amides is 2. The van der Waals surface area contributed by atoms with Crippen molar-refractivity contribution in [2.75, 3.05) is 20.8 Å². The molecule has 33 heavy (non-hydrogen) atoms. The average molecular weight is 475 g/mol. The van der Waals surface area contributed by atoms with E-state index in [0.29, 0.717) is 35.9 Å². The first kappa shape index (κ1) is 24.7. The van der Waals surface area contributed by atoms with Crippen LogP contribution in [0.4, 0.5) is 0 Å². The van der Waals surface area contributed by atoms with Crippen molar-refractivity contribution in [3.05, 3.63) is 40.9 Å². The Morgan fingerprint density at radius 3 is 2.58 bits per heavy atom. The Hall–Kier alpha value is -2.93. The van der Waals surface area contributed by atoms with Crippen molar-refractivity contribution in [3.8, 4) is 28.4 Å². The van der Waals surface area contributed by atoms with Crippen LogP contribution in [0.1, 0.15) is 32.8 Å². The highest BCUT2D eigenvalue weighted by atomic mass is 35.5. The molecule has 2 aromatic rings. The molecular formula is C25H31ClN2O5. The zero-order valence-electron chi connectivity index (χ0n) is 19.7. The molecule has 0 radical (unpaired) electrons. The second kappa shape index (κ2) is 10.8. The van der Waals surface area contributed by atoms with Gasteiger partial charge in [-0.15, -0.1) is 0 Å². The van der Waals surface area contributed by atoms with E-state index in [0.717, 1.165) is 22.4 Å². The van der Waals surface area contributed by atoms with Gasteiger partial charge >= 0.3 is 0 Å². The van der Waals surface area contributed by atoms with Gasteiger partial charge in [0.1, 0.15) is 29.4 Å². The zero-order valence-corrected chi connectivity index (χ0v) is 20.4. The lowest BCUT2D eigenvalue weighted by Gasteiger charge is -2.20. The topological polar surface area (TPSA) is 85.9 Å². The van der Waals surface area contributed by atoms with E-state index in [9.17, 15) is 9.59 Å². The molecule has 0 spiro atoms. The maximum atomic E-state index is 12.6. The largest absolute Gasteiger partial charge is 0.497 e. The molecule has 3 rings (SSSR count). The molecular weight excluding hydrogens is 444 g/mol. The number of hydrogen-bond donors (Lipinski definition) is 2. The summed E-state index contributed by atoms with van der Waals surface area (Å²) in [6, 6.07) is 8.90. The summed E-state index contributed by atoms with van der Waals surface area (Å²) in [5, 5.41) is 6.13. The van der Waals surface area contributed by atoms with E-state index in [1.54, 1.807) is 14.2 Å². The minimum Gasteiger partial charge on any atom is -0.497 e. The van der Waals surface area contributed by atoms with Crippen LogP contribution in [0.15, 0.2) is 30.3 Å². The van der Waals surface area contributed by atoms with Crippen LogP contribution in [0.25, 0.3) is 11.1 Å². The third kappa shape index (κ3) is 6.11. The summed E-state index contributed by atoms with van der Waals surface area (Å²) in [7, 11) is 3.24. The van der Waals surface area contributed by atoms with Gasteiger partial charge in [0, 0.05) is 24.5 Å². The van der Waals surface area contributed by atoms with Crippen LogP contribution in [0.2, 0.25) is 5.02 Å². The van der Waals surface area contributed by atoms with Crippen LogP contribution in [0.5, 0.6) is 17.2 Å². The predicted molar refractivity (Wildman–Crippen MR) is 128 cm³/mol. The minimum atomic E-state index is -0.568. The number of carbonyl (C=O) groups excluding carboxylic acids is 2. The minimum absolute atomic E-state index is 0.216. The normalized spacial score (nSPS) is 15.4. The fraction of sp³-hybridized carbons (Fsp3) is 0.440. The lowest BCUT2D eigenvalue weighted by Crippen LogP contribution is -2.48. The average Bonchev–Trinajstić information content (AvgIpc) is 3.19. The highest BCUT2D eigenvalue weighted by Crippen LogP contribution is 2.42. The Bertz CT molecular complexity index is 1020. The molecule has 0 saturated heterocycles. The van der Waals surface area contributed by atoms with E-state index in [-0.39, 0.29) is 23.8 Å². The molecule has 1 aliphatic heterocycles. The van der Waals surface area contributed by atoms with E-state index in [1.807, 2.05) is 44.2 Å². The summed E-state index contributed by atoms with van der Waals surface area (Å²) in [5.41, 5.74) is 2.72. The quantitative estimate of drug-likeness (QED) is 0.573. The Balaban J connectivity index is 1.73. The molecule has 0 fully saturated rings. The van der Waals surface area contributed by atoms with Crippen LogP contribution in [0, 0.1) is 5.92 Å². The van der Waals surface area contributed by atoms with Crippen molar-refractivity contribution in [1.82, 2.24) is 10.6 Å². The summed E-state index contributed by atoms with van der Waals surface area (Å²) < 4.78 is 16.9. The molecule has 1 heterocycles. The van der Waals surface area contributed by atoms with E-state index >= 15 is 0 Å². The van der Waals surface area contributed by atoms with Gasteiger partial charge in [0.25, 0.3) is 0 Å². The fourth-order valence-corrected chi connectivity index (χ4v) is 4.27. The van der Waals surface area contributed by atoms with E-state index in [2.05, 4.69) is 10.6 Å². The smallest absolute Gasteiger partial charge is 0.242 e. The first-order valence-corrected chi connectivity index (χ1v) is 11.4. The third-order valence-electron chi connectivity index (χ3n) is 5.48. The monoisotopic (exact) mass is 474 g/mol. The third-order valence-corrected chi connectivity index (χ3v) is 5.76. The van der Waals surface area contributed by atoms with Crippen LogP contribution in [-0.2, 0) is 16.0 Å². The van der Waals surface area contributed by atoms with Crippen molar-refractivity contribution < 1.29 is 23.8 Å². The lowest BCUT2D eigenvalue weighted by molar-refractivity contribution is -0.128. The van der Waals surface area contributed by atoms with Gasteiger partial charge in [-0.25, -0.2) is 0 Å². The van der Waals surface area contributed by atoms with Crippen LogP contribution >= 0.6 is 11.6 Å². The Morgan fingerprint density at radius 1 is 1.18 bits per heavy atom. The summed E-state index contributed by atoms with van der Waals surface area (Å²) in [4.78, 5) is 24.1. The molecule has 2 aromatic carbocycles. The molecule has 7 nitrogen and oxygen atoms in total. The Kier molecular flexibility index (Phi) is 8.08. The maximum Gasteiger partial charge on any atom is 0.242 e. The number of hydrogen-bond acceptors (Lipinski definition) is 5. The number of carbonyl (C=O) groups is 2. The Labute approximate surface area is 199 Å². The van der Waals surface area contributed by atoms with E-state index < -0.39 is 6.04 Å². The number of rotatable bonds is 9. The van der Waals surface area contributed by atoms with Gasteiger partial charge in [0.05, 0.1) is 25.8 Å². The summed E-state index contributed by atoms with van der Waals surface area (Å²) in [6.07, 6.45) is 0.917. The van der Waals surface area contributed by atoms with Gasteiger partial charge in [-0.05, 0) is 48.2 Å². The van der Waals surface area contributed by atoms with Gasteiger partial charge in [-0.2, -0.15) is 0 Å². The molecule has 0 bridgehead atoms.